The lowest BCUT2D eigenvalue weighted by Gasteiger charge is -2.12. The van der Waals surface area contributed by atoms with Gasteiger partial charge in [0.05, 0.1) is 18.0 Å². The number of anilines is 1. The second-order valence-corrected chi connectivity index (χ2v) is 4.39. The maximum Gasteiger partial charge on any atom is 0.419 e. The first-order chi connectivity index (χ1) is 9.06. The number of aryl methyl sites for hydroxylation is 1. The third kappa shape index (κ3) is 2.53. The van der Waals surface area contributed by atoms with Gasteiger partial charge in [-0.1, -0.05) is 6.92 Å². The number of amides is 1. The number of oxazole rings is 1. The Bertz CT molecular complexity index is 652. The van der Waals surface area contributed by atoms with Gasteiger partial charge < -0.3 is 14.8 Å². The van der Waals surface area contributed by atoms with Crippen LogP contribution in [0.1, 0.15) is 13.3 Å². The van der Waals surface area contributed by atoms with E-state index in [1.165, 1.54) is 4.57 Å². The van der Waals surface area contributed by atoms with Crippen molar-refractivity contribution >= 4 is 22.7 Å². The number of carbonyl (C=O) groups excluding carboxylic acids is 1. The van der Waals surface area contributed by atoms with Gasteiger partial charge in [-0.3, -0.25) is 9.36 Å². The highest BCUT2D eigenvalue weighted by Crippen LogP contribution is 2.18. The number of nitrogens with zero attached hydrogens (tertiary/aromatic N) is 1. The van der Waals surface area contributed by atoms with E-state index < -0.39 is 11.7 Å². The zero-order chi connectivity index (χ0) is 14.0. The van der Waals surface area contributed by atoms with Crippen LogP contribution in [0.25, 0.3) is 11.1 Å². The van der Waals surface area contributed by atoms with Gasteiger partial charge in [-0.15, -0.1) is 0 Å². The molecule has 1 heterocycles. The Labute approximate surface area is 109 Å². The molecule has 0 radical (unpaired) electrons. The molecule has 0 aliphatic carbocycles. The average Bonchev–Trinajstić information content (AvgIpc) is 2.67. The van der Waals surface area contributed by atoms with Crippen LogP contribution in [0.2, 0.25) is 0 Å². The lowest BCUT2D eigenvalue weighted by Crippen LogP contribution is -2.25. The summed E-state index contributed by atoms with van der Waals surface area (Å²) in [5, 5.41) is 11.8. The van der Waals surface area contributed by atoms with Crippen LogP contribution < -0.4 is 11.1 Å². The summed E-state index contributed by atoms with van der Waals surface area (Å²) in [5.74, 6) is -1.11. The van der Waals surface area contributed by atoms with Crippen LogP contribution in [0.3, 0.4) is 0 Å². The van der Waals surface area contributed by atoms with Crippen molar-refractivity contribution in [2.75, 3.05) is 11.9 Å². The predicted octanol–water partition coefficient (Wildman–Crippen LogP) is 1.09. The Morgan fingerprint density at radius 3 is 2.89 bits per heavy atom. The van der Waals surface area contributed by atoms with Crippen LogP contribution in [-0.4, -0.2) is 22.2 Å². The number of hydrogen-bond donors (Lipinski definition) is 2. The molecular weight excluding hydrogens is 248 g/mol. The molecule has 1 amide bonds. The molecule has 0 aliphatic rings. The van der Waals surface area contributed by atoms with E-state index in [1.54, 1.807) is 25.2 Å². The lowest BCUT2D eigenvalue weighted by molar-refractivity contribution is -0.121. The first-order valence-electron chi connectivity index (χ1n) is 6.08. The van der Waals surface area contributed by atoms with Gasteiger partial charge in [0.25, 0.3) is 0 Å². The van der Waals surface area contributed by atoms with E-state index in [1.807, 2.05) is 6.92 Å². The zero-order valence-electron chi connectivity index (χ0n) is 10.8. The first-order valence-corrected chi connectivity index (χ1v) is 6.08. The molecule has 2 N–H and O–H groups in total. The van der Waals surface area contributed by atoms with Crippen LogP contribution in [-0.2, 0) is 11.8 Å². The van der Waals surface area contributed by atoms with E-state index in [9.17, 15) is 9.59 Å². The monoisotopic (exact) mass is 264 g/mol. The summed E-state index contributed by atoms with van der Waals surface area (Å²) < 4.78 is 6.37. The quantitative estimate of drug-likeness (QED) is 0.865. The van der Waals surface area contributed by atoms with E-state index in [2.05, 4.69) is 5.32 Å². The molecule has 0 bridgehead atoms. The largest absolute Gasteiger partial charge is 0.419 e. The highest BCUT2D eigenvalue weighted by atomic mass is 16.4. The molecule has 19 heavy (non-hydrogen) atoms. The number of fused-ring (bicyclic) bond motifs is 1. The highest BCUT2D eigenvalue weighted by Gasteiger charge is 2.16. The Balaban J connectivity index is 2.29. The van der Waals surface area contributed by atoms with Gasteiger partial charge in [0.1, 0.15) is 0 Å². The first kappa shape index (κ1) is 13.4. The fraction of sp³-hybridized carbons (Fsp3) is 0.385. The normalized spacial score (nSPS) is 12.6. The number of aliphatic hydroxyl groups excluding tert-OH is 1. The molecule has 6 nitrogen and oxygen atoms in total. The van der Waals surface area contributed by atoms with E-state index in [0.29, 0.717) is 23.2 Å². The second kappa shape index (κ2) is 5.27. The molecule has 0 spiro atoms. The third-order valence-electron chi connectivity index (χ3n) is 3.14. The number of hydrogen-bond acceptors (Lipinski definition) is 4. The molecule has 1 atom stereocenters. The van der Waals surface area contributed by atoms with Crippen molar-refractivity contribution in [1.29, 1.82) is 0 Å². The van der Waals surface area contributed by atoms with Crippen molar-refractivity contribution in [2.45, 2.75) is 13.3 Å². The van der Waals surface area contributed by atoms with Gasteiger partial charge in [-0.05, 0) is 24.6 Å². The average molecular weight is 264 g/mol. The third-order valence-corrected chi connectivity index (χ3v) is 3.14. The van der Waals surface area contributed by atoms with Crippen LogP contribution >= 0.6 is 0 Å². The van der Waals surface area contributed by atoms with Crippen molar-refractivity contribution < 1.29 is 14.3 Å². The minimum atomic E-state index is -0.444. The van der Waals surface area contributed by atoms with Gasteiger partial charge in [0.2, 0.25) is 5.91 Å². The summed E-state index contributed by atoms with van der Waals surface area (Å²) in [6.45, 7) is 1.65. The minimum absolute atomic E-state index is 0.186. The summed E-state index contributed by atoms with van der Waals surface area (Å²) in [4.78, 5) is 23.2. The van der Waals surface area contributed by atoms with Gasteiger partial charge in [-0.25, -0.2) is 4.79 Å². The highest BCUT2D eigenvalue weighted by molar-refractivity contribution is 5.94. The number of carbonyl (C=O) groups is 1. The summed E-state index contributed by atoms with van der Waals surface area (Å²) in [5.41, 5.74) is 1.65. The molecule has 6 heteroatoms. The van der Waals surface area contributed by atoms with Crippen LogP contribution in [0.4, 0.5) is 5.69 Å². The van der Waals surface area contributed by atoms with Gasteiger partial charge in [-0.2, -0.15) is 0 Å². The number of aliphatic hydroxyl groups is 1. The maximum absolute atomic E-state index is 11.8. The van der Waals surface area contributed by atoms with Crippen molar-refractivity contribution in [3.63, 3.8) is 0 Å². The van der Waals surface area contributed by atoms with Crippen LogP contribution in [0, 0.1) is 5.92 Å². The Morgan fingerprint density at radius 2 is 2.26 bits per heavy atom. The zero-order valence-corrected chi connectivity index (χ0v) is 10.8. The molecule has 0 fully saturated rings. The second-order valence-electron chi connectivity index (χ2n) is 4.39. The summed E-state index contributed by atoms with van der Waals surface area (Å²) >= 11 is 0. The molecule has 0 saturated carbocycles. The van der Waals surface area contributed by atoms with E-state index in [0.717, 1.165) is 0 Å². The maximum atomic E-state index is 11.8. The number of aromatic nitrogens is 1. The Morgan fingerprint density at radius 1 is 1.53 bits per heavy atom. The lowest BCUT2D eigenvalue weighted by atomic mass is 10.1. The topological polar surface area (TPSA) is 84.5 Å². The summed E-state index contributed by atoms with van der Waals surface area (Å²) in [7, 11) is 1.60. The SMILES string of the molecule is CCC(CO)C(=O)Nc1ccc2oc(=O)n(C)c2c1. The molecule has 102 valence electrons. The number of rotatable bonds is 4. The van der Waals surface area contributed by atoms with Crippen molar-refractivity contribution in [3.05, 3.63) is 28.7 Å². The van der Waals surface area contributed by atoms with E-state index >= 15 is 0 Å². The molecular formula is C13H16N2O4. The van der Waals surface area contributed by atoms with Crippen LogP contribution in [0.15, 0.2) is 27.4 Å². The fourth-order valence-corrected chi connectivity index (χ4v) is 1.85. The van der Waals surface area contributed by atoms with Gasteiger partial charge in [0.15, 0.2) is 5.58 Å². The predicted molar refractivity (Wildman–Crippen MR) is 71.0 cm³/mol. The summed E-state index contributed by atoms with van der Waals surface area (Å²) in [6.07, 6.45) is 0.564. The molecule has 0 saturated heterocycles. The fourth-order valence-electron chi connectivity index (χ4n) is 1.85. The van der Waals surface area contributed by atoms with Crippen LogP contribution in [0.5, 0.6) is 0 Å². The number of benzene rings is 1. The van der Waals surface area contributed by atoms with Crippen molar-refractivity contribution in [3.8, 4) is 0 Å². The number of nitrogens with one attached hydrogen (secondary N) is 1. The van der Waals surface area contributed by atoms with Gasteiger partial charge >= 0.3 is 5.76 Å². The Hall–Kier alpha value is -2.08. The molecule has 1 unspecified atom stereocenters. The van der Waals surface area contributed by atoms with Crippen molar-refractivity contribution in [1.82, 2.24) is 4.57 Å². The van der Waals surface area contributed by atoms with E-state index in [-0.39, 0.29) is 12.5 Å². The van der Waals surface area contributed by atoms with Crippen molar-refractivity contribution in [2.24, 2.45) is 13.0 Å². The molecule has 2 rings (SSSR count). The Kier molecular flexibility index (Phi) is 3.71. The smallest absolute Gasteiger partial charge is 0.408 e. The summed E-state index contributed by atoms with van der Waals surface area (Å²) in [6, 6.07) is 4.96. The molecule has 1 aromatic carbocycles. The standard InChI is InChI=1S/C13H16N2O4/c1-3-8(7-16)12(17)14-9-4-5-11-10(6-9)15(2)13(18)19-11/h4-6,8,16H,3,7H2,1-2H3,(H,14,17). The molecule has 1 aromatic heterocycles. The molecule has 2 aromatic rings. The minimum Gasteiger partial charge on any atom is -0.408 e. The van der Waals surface area contributed by atoms with E-state index in [4.69, 9.17) is 9.52 Å². The molecule has 0 aliphatic heterocycles. The van der Waals surface area contributed by atoms with Gasteiger partial charge in [0, 0.05) is 12.7 Å².